The highest BCUT2D eigenvalue weighted by atomic mass is 127. The van der Waals surface area contributed by atoms with Crippen LogP contribution >= 0.6 is 34.2 Å². The fourth-order valence-corrected chi connectivity index (χ4v) is 1.93. The van der Waals surface area contributed by atoms with Gasteiger partial charge in [-0.15, -0.1) is 0 Å². The number of benzene rings is 1. The van der Waals surface area contributed by atoms with Crippen molar-refractivity contribution < 1.29 is 4.79 Å². The maximum atomic E-state index is 10.6. The van der Waals surface area contributed by atoms with E-state index in [-0.39, 0.29) is 5.15 Å². The summed E-state index contributed by atoms with van der Waals surface area (Å²) in [5.41, 5.74) is 1.24. The first-order chi connectivity index (χ1) is 6.70. The van der Waals surface area contributed by atoms with Gasteiger partial charge in [-0.25, -0.2) is 4.98 Å². The van der Waals surface area contributed by atoms with E-state index in [9.17, 15) is 4.79 Å². The number of nitrogens with zero attached hydrogens (tertiary/aromatic N) is 1. The monoisotopic (exact) mass is 317 g/mol. The molecule has 0 fully saturated rings. The lowest BCUT2D eigenvalue weighted by Crippen LogP contribution is -1.88. The first-order valence-electron chi connectivity index (χ1n) is 3.91. The van der Waals surface area contributed by atoms with Crippen molar-refractivity contribution in [2.24, 2.45) is 0 Å². The van der Waals surface area contributed by atoms with Crippen molar-refractivity contribution in [1.82, 2.24) is 4.98 Å². The van der Waals surface area contributed by atoms with Crippen LogP contribution in [0.2, 0.25) is 5.15 Å². The molecule has 0 radical (unpaired) electrons. The van der Waals surface area contributed by atoms with Crippen LogP contribution in [0.4, 0.5) is 0 Å². The summed E-state index contributed by atoms with van der Waals surface area (Å²) in [4.78, 5) is 14.7. The summed E-state index contributed by atoms with van der Waals surface area (Å²) in [7, 11) is 0. The topological polar surface area (TPSA) is 30.0 Å². The zero-order valence-electron chi connectivity index (χ0n) is 7.00. The molecule has 0 N–H and O–H groups in total. The molecule has 1 heterocycles. The van der Waals surface area contributed by atoms with Crippen LogP contribution in [0.15, 0.2) is 24.3 Å². The summed E-state index contributed by atoms with van der Waals surface area (Å²) in [5, 5.41) is 1.19. The van der Waals surface area contributed by atoms with Gasteiger partial charge in [0.15, 0.2) is 6.29 Å². The number of hydrogen-bond donors (Lipinski definition) is 0. The Morgan fingerprint density at radius 2 is 2.14 bits per heavy atom. The summed E-state index contributed by atoms with van der Waals surface area (Å²) in [6, 6.07) is 7.55. The van der Waals surface area contributed by atoms with E-state index >= 15 is 0 Å². The highest BCUT2D eigenvalue weighted by molar-refractivity contribution is 14.1. The van der Waals surface area contributed by atoms with Crippen molar-refractivity contribution in [3.8, 4) is 0 Å². The number of carbonyl (C=O) groups excluding carboxylic acids is 1. The summed E-state index contributed by atoms with van der Waals surface area (Å²) in [6.07, 6.45) is 0.717. The molecule has 0 saturated carbocycles. The third kappa shape index (κ3) is 1.74. The van der Waals surface area contributed by atoms with Gasteiger partial charge in [-0.1, -0.05) is 11.6 Å². The first-order valence-corrected chi connectivity index (χ1v) is 5.37. The average Bonchev–Trinajstić information content (AvgIpc) is 2.17. The number of carbonyl (C=O) groups is 1. The van der Waals surface area contributed by atoms with Gasteiger partial charge in [0, 0.05) is 8.96 Å². The third-order valence-electron chi connectivity index (χ3n) is 1.88. The van der Waals surface area contributed by atoms with Gasteiger partial charge in [0.05, 0.1) is 11.1 Å². The van der Waals surface area contributed by atoms with Gasteiger partial charge in [-0.2, -0.15) is 0 Å². The van der Waals surface area contributed by atoms with Crippen molar-refractivity contribution in [2.75, 3.05) is 0 Å². The number of fused-ring (bicyclic) bond motifs is 1. The quantitative estimate of drug-likeness (QED) is 0.459. The van der Waals surface area contributed by atoms with Crippen LogP contribution in [0, 0.1) is 3.57 Å². The fourth-order valence-electron chi connectivity index (χ4n) is 1.22. The van der Waals surface area contributed by atoms with Gasteiger partial charge < -0.3 is 0 Å². The minimum Gasteiger partial charge on any atom is -0.298 e. The molecule has 14 heavy (non-hydrogen) atoms. The Balaban J connectivity index is 2.79. The van der Waals surface area contributed by atoms with Crippen LogP contribution in [-0.4, -0.2) is 11.3 Å². The second-order valence-corrected chi connectivity index (χ2v) is 4.43. The molecule has 0 unspecified atom stereocenters. The summed E-state index contributed by atoms with van der Waals surface area (Å²) >= 11 is 8.01. The fraction of sp³-hybridized carbons (Fsp3) is 0. The van der Waals surface area contributed by atoms with Crippen LogP contribution in [0.3, 0.4) is 0 Å². The van der Waals surface area contributed by atoms with E-state index in [1.165, 1.54) is 0 Å². The van der Waals surface area contributed by atoms with Crippen molar-refractivity contribution in [3.63, 3.8) is 0 Å². The Kier molecular flexibility index (Phi) is 2.69. The predicted molar refractivity (Wildman–Crippen MR) is 64.9 cm³/mol. The molecular weight excluding hydrogens is 312 g/mol. The molecular formula is C10H5ClINO. The van der Waals surface area contributed by atoms with Crippen LogP contribution in [-0.2, 0) is 0 Å². The molecule has 0 aliphatic rings. The van der Waals surface area contributed by atoms with E-state index in [1.54, 1.807) is 6.07 Å². The Bertz CT molecular complexity index is 513. The van der Waals surface area contributed by atoms with Crippen molar-refractivity contribution in [1.29, 1.82) is 0 Å². The third-order valence-corrected chi connectivity index (χ3v) is 2.86. The Hall–Kier alpha value is -0.680. The summed E-state index contributed by atoms with van der Waals surface area (Å²) < 4.78 is 1.11. The molecule has 0 bridgehead atoms. The molecule has 2 nitrogen and oxygen atoms in total. The number of rotatable bonds is 1. The molecule has 4 heteroatoms. The smallest absolute Gasteiger partial charge is 0.153 e. The zero-order chi connectivity index (χ0) is 10.1. The maximum Gasteiger partial charge on any atom is 0.153 e. The normalized spacial score (nSPS) is 10.4. The first kappa shape index (κ1) is 9.86. The molecule has 2 rings (SSSR count). The van der Waals surface area contributed by atoms with Gasteiger partial charge in [0.1, 0.15) is 5.15 Å². The van der Waals surface area contributed by atoms with Gasteiger partial charge in [0.25, 0.3) is 0 Å². The maximum absolute atomic E-state index is 10.6. The molecule has 0 aliphatic heterocycles. The molecule has 0 spiro atoms. The molecule has 0 atom stereocenters. The molecule has 2 aromatic rings. The van der Waals surface area contributed by atoms with E-state index in [2.05, 4.69) is 27.6 Å². The second kappa shape index (κ2) is 3.82. The molecule has 0 aliphatic carbocycles. The molecule has 0 amide bonds. The SMILES string of the molecule is O=Cc1cc2cc(I)ccc2nc1Cl. The van der Waals surface area contributed by atoms with Gasteiger partial charge in [0.2, 0.25) is 0 Å². The molecule has 0 saturated heterocycles. The molecule has 1 aromatic heterocycles. The average molecular weight is 318 g/mol. The summed E-state index contributed by atoms with van der Waals surface area (Å²) in [6.45, 7) is 0. The lowest BCUT2D eigenvalue weighted by Gasteiger charge is -2.00. The zero-order valence-corrected chi connectivity index (χ0v) is 9.91. The highest BCUT2D eigenvalue weighted by Crippen LogP contribution is 2.20. The van der Waals surface area contributed by atoms with E-state index < -0.39 is 0 Å². The highest BCUT2D eigenvalue weighted by Gasteiger charge is 2.03. The summed E-state index contributed by atoms with van der Waals surface area (Å²) in [5.74, 6) is 0. The number of aldehydes is 1. The second-order valence-electron chi connectivity index (χ2n) is 2.82. The largest absolute Gasteiger partial charge is 0.298 e. The van der Waals surface area contributed by atoms with Crippen molar-refractivity contribution in [3.05, 3.63) is 38.6 Å². The number of halogens is 2. The van der Waals surface area contributed by atoms with Crippen LogP contribution in [0.1, 0.15) is 10.4 Å². The number of aromatic nitrogens is 1. The minimum atomic E-state index is 0.258. The number of pyridine rings is 1. The van der Waals surface area contributed by atoms with Crippen molar-refractivity contribution in [2.45, 2.75) is 0 Å². The van der Waals surface area contributed by atoms with Gasteiger partial charge >= 0.3 is 0 Å². The lowest BCUT2D eigenvalue weighted by molar-refractivity contribution is 0.112. The number of hydrogen-bond acceptors (Lipinski definition) is 2. The Labute approximate surface area is 99.4 Å². The van der Waals surface area contributed by atoms with Crippen molar-refractivity contribution >= 4 is 51.4 Å². The van der Waals surface area contributed by atoms with E-state index in [4.69, 9.17) is 11.6 Å². The Morgan fingerprint density at radius 1 is 1.36 bits per heavy atom. The van der Waals surface area contributed by atoms with Gasteiger partial charge in [-0.05, 0) is 46.9 Å². The van der Waals surface area contributed by atoms with E-state index in [0.29, 0.717) is 11.8 Å². The molecule has 70 valence electrons. The van der Waals surface area contributed by atoms with Crippen LogP contribution in [0.5, 0.6) is 0 Å². The van der Waals surface area contributed by atoms with Gasteiger partial charge in [-0.3, -0.25) is 4.79 Å². The van der Waals surface area contributed by atoms with E-state index in [0.717, 1.165) is 14.5 Å². The minimum absolute atomic E-state index is 0.258. The predicted octanol–water partition coefficient (Wildman–Crippen LogP) is 3.31. The lowest BCUT2D eigenvalue weighted by atomic mass is 10.2. The molecule has 1 aromatic carbocycles. The Morgan fingerprint density at radius 3 is 2.86 bits per heavy atom. The van der Waals surface area contributed by atoms with Crippen LogP contribution in [0.25, 0.3) is 10.9 Å². The van der Waals surface area contributed by atoms with E-state index in [1.807, 2.05) is 18.2 Å². The standard InChI is InChI=1S/C10H5ClINO/c11-10-7(5-14)3-6-4-8(12)1-2-9(6)13-10/h1-5H. The van der Waals surface area contributed by atoms with Crippen LogP contribution < -0.4 is 0 Å².